The predicted octanol–water partition coefficient (Wildman–Crippen LogP) is 0.715. The second kappa shape index (κ2) is 8.18. The summed E-state index contributed by atoms with van der Waals surface area (Å²) in [6.45, 7) is 5.18. The number of carbonyl (C=O) groups is 3. The van der Waals surface area contributed by atoms with Crippen LogP contribution in [0.1, 0.15) is 34.6 Å². The van der Waals surface area contributed by atoms with Crippen molar-refractivity contribution in [3.05, 3.63) is 16.0 Å². The highest BCUT2D eigenvalue weighted by atomic mass is 32.1. The van der Waals surface area contributed by atoms with Gasteiger partial charge >= 0.3 is 0 Å². The zero-order valence-corrected chi connectivity index (χ0v) is 17.5. The van der Waals surface area contributed by atoms with Crippen LogP contribution >= 0.6 is 11.3 Å². The van der Waals surface area contributed by atoms with E-state index in [4.69, 9.17) is 4.74 Å². The summed E-state index contributed by atoms with van der Waals surface area (Å²) in [6, 6.07) is 0. The highest BCUT2D eigenvalue weighted by Crippen LogP contribution is 2.41. The van der Waals surface area contributed by atoms with Gasteiger partial charge in [-0.3, -0.25) is 19.3 Å². The second-order valence-electron chi connectivity index (χ2n) is 7.58. The van der Waals surface area contributed by atoms with Gasteiger partial charge in [-0.1, -0.05) is 13.8 Å². The van der Waals surface area contributed by atoms with Gasteiger partial charge in [-0.05, 0) is 17.9 Å². The molecule has 0 bridgehead atoms. The average molecular weight is 410 g/mol. The van der Waals surface area contributed by atoms with Crippen LogP contribution in [0.3, 0.4) is 0 Å². The maximum atomic E-state index is 12.9. The molecule has 1 atom stereocenters. The molecule has 2 aliphatic rings. The summed E-state index contributed by atoms with van der Waals surface area (Å²) < 4.78 is 5.13. The molecule has 2 aliphatic heterocycles. The number of likely N-dealkylation sites (N-methyl/N-ethyl adjacent to an activating group) is 1. The third-order valence-corrected chi connectivity index (χ3v) is 6.47. The largest absolute Gasteiger partial charge is 0.383 e. The molecule has 0 aliphatic carbocycles. The van der Waals surface area contributed by atoms with Crippen LogP contribution in [0.5, 0.6) is 0 Å². The molecule has 0 spiro atoms. The van der Waals surface area contributed by atoms with Gasteiger partial charge in [0.15, 0.2) is 0 Å². The summed E-state index contributed by atoms with van der Waals surface area (Å²) in [5.74, 6) is -0.762. The molecule has 0 fully saturated rings. The van der Waals surface area contributed by atoms with Gasteiger partial charge in [0.25, 0.3) is 11.8 Å². The van der Waals surface area contributed by atoms with Crippen LogP contribution in [0.2, 0.25) is 0 Å². The number of hydrogen-bond donors (Lipinski definition) is 1. The first-order valence-electron chi connectivity index (χ1n) is 9.42. The molecule has 3 rings (SSSR count). The van der Waals surface area contributed by atoms with E-state index in [0.717, 1.165) is 10.4 Å². The van der Waals surface area contributed by atoms with Crippen LogP contribution in [0.4, 0.5) is 5.00 Å². The van der Waals surface area contributed by atoms with Crippen LogP contribution in [0, 0.1) is 5.92 Å². The molecule has 1 N–H and O–H groups in total. The van der Waals surface area contributed by atoms with Crippen molar-refractivity contribution >= 4 is 34.1 Å². The standard InChI is InChI=1S/C19H27N3O5S/c1-11(2)16(24)18(26)21-6-5-12-13(9-21)28-19-15(12)17(25)20(3)10-14(23)22(19)7-8-27-4/h11,16,24H,5-10H2,1-4H3. The number of hydrogen-bond acceptors (Lipinski definition) is 6. The molecule has 8 nitrogen and oxygen atoms in total. The van der Waals surface area contributed by atoms with E-state index in [1.807, 2.05) is 0 Å². The Bertz CT molecular complexity index is 791. The van der Waals surface area contributed by atoms with Crippen molar-refractivity contribution in [3.8, 4) is 0 Å². The molecule has 0 radical (unpaired) electrons. The van der Waals surface area contributed by atoms with Crippen molar-refractivity contribution < 1.29 is 24.2 Å². The van der Waals surface area contributed by atoms with Crippen molar-refractivity contribution in [1.29, 1.82) is 0 Å². The maximum Gasteiger partial charge on any atom is 0.257 e. The quantitative estimate of drug-likeness (QED) is 0.774. The summed E-state index contributed by atoms with van der Waals surface area (Å²) in [4.78, 5) is 43.8. The lowest BCUT2D eigenvalue weighted by atomic mass is 10.00. The van der Waals surface area contributed by atoms with Gasteiger partial charge in [-0.25, -0.2) is 0 Å². The van der Waals surface area contributed by atoms with Gasteiger partial charge in [0.2, 0.25) is 5.91 Å². The van der Waals surface area contributed by atoms with Crippen molar-refractivity contribution in [2.24, 2.45) is 5.92 Å². The fourth-order valence-electron chi connectivity index (χ4n) is 3.53. The van der Waals surface area contributed by atoms with Gasteiger partial charge < -0.3 is 19.6 Å². The second-order valence-corrected chi connectivity index (χ2v) is 8.67. The number of ether oxygens (including phenoxy) is 1. The molecule has 9 heteroatoms. The van der Waals surface area contributed by atoms with Crippen LogP contribution in [-0.4, -0.2) is 79.1 Å². The van der Waals surface area contributed by atoms with Crippen molar-refractivity contribution in [2.45, 2.75) is 32.9 Å². The summed E-state index contributed by atoms with van der Waals surface area (Å²) in [7, 11) is 3.20. The van der Waals surface area contributed by atoms with E-state index in [9.17, 15) is 19.5 Å². The van der Waals surface area contributed by atoms with Crippen molar-refractivity contribution in [3.63, 3.8) is 0 Å². The van der Waals surface area contributed by atoms with E-state index in [1.54, 1.807) is 37.8 Å². The number of carbonyl (C=O) groups excluding carboxylic acids is 3. The predicted molar refractivity (Wildman–Crippen MR) is 105 cm³/mol. The summed E-state index contributed by atoms with van der Waals surface area (Å²) >= 11 is 1.39. The number of aliphatic hydroxyl groups is 1. The molecule has 1 aromatic heterocycles. The first-order valence-corrected chi connectivity index (χ1v) is 10.2. The number of fused-ring (bicyclic) bond motifs is 3. The Morgan fingerprint density at radius 1 is 1.29 bits per heavy atom. The fourth-order valence-corrected chi connectivity index (χ4v) is 4.93. The number of aliphatic hydroxyl groups excluding tert-OH is 1. The minimum atomic E-state index is -1.04. The van der Waals surface area contributed by atoms with Crippen LogP contribution in [-0.2, 0) is 27.3 Å². The number of methoxy groups -OCH3 is 1. The number of rotatable bonds is 5. The summed E-state index contributed by atoms with van der Waals surface area (Å²) in [5.41, 5.74) is 1.48. The molecule has 0 saturated heterocycles. The topological polar surface area (TPSA) is 90.4 Å². The normalized spacial score (nSPS) is 18.3. The first kappa shape index (κ1) is 20.8. The Kier molecular flexibility index (Phi) is 6.07. The molecule has 154 valence electrons. The van der Waals surface area contributed by atoms with E-state index in [-0.39, 0.29) is 30.2 Å². The molecule has 1 aromatic rings. The average Bonchev–Trinajstić information content (AvgIpc) is 3.00. The van der Waals surface area contributed by atoms with E-state index in [1.165, 1.54) is 16.2 Å². The Morgan fingerprint density at radius 3 is 2.64 bits per heavy atom. The third-order valence-electron chi connectivity index (χ3n) is 5.23. The van der Waals surface area contributed by atoms with E-state index in [0.29, 0.717) is 43.2 Å². The van der Waals surface area contributed by atoms with Gasteiger partial charge in [0, 0.05) is 25.6 Å². The molecule has 28 heavy (non-hydrogen) atoms. The van der Waals surface area contributed by atoms with E-state index in [2.05, 4.69) is 0 Å². The lowest BCUT2D eigenvalue weighted by Gasteiger charge is -2.30. The Labute approximate surface area is 168 Å². The molecule has 1 unspecified atom stereocenters. The zero-order valence-electron chi connectivity index (χ0n) is 16.7. The smallest absolute Gasteiger partial charge is 0.257 e. The molecule has 3 amide bonds. The SMILES string of the molecule is COCCN1C(=O)CN(C)C(=O)c2c1sc1c2CCN(C(=O)C(O)C(C)C)C1. The van der Waals surface area contributed by atoms with Gasteiger partial charge in [-0.2, -0.15) is 0 Å². The summed E-state index contributed by atoms with van der Waals surface area (Å²) in [5, 5.41) is 10.8. The highest BCUT2D eigenvalue weighted by Gasteiger charge is 2.38. The maximum absolute atomic E-state index is 12.9. The Balaban J connectivity index is 1.96. The number of nitrogens with zero attached hydrogens (tertiary/aromatic N) is 3. The number of anilines is 1. The van der Waals surface area contributed by atoms with E-state index >= 15 is 0 Å². The van der Waals surface area contributed by atoms with Crippen LogP contribution in [0.15, 0.2) is 0 Å². The third kappa shape index (κ3) is 3.66. The van der Waals surface area contributed by atoms with Gasteiger partial charge in [0.1, 0.15) is 17.6 Å². The summed E-state index contributed by atoms with van der Waals surface area (Å²) in [6.07, 6.45) is -0.504. The fraction of sp³-hybridized carbons (Fsp3) is 0.632. The highest BCUT2D eigenvalue weighted by molar-refractivity contribution is 7.17. The molecule has 3 heterocycles. The Morgan fingerprint density at radius 2 is 2.00 bits per heavy atom. The van der Waals surface area contributed by atoms with Crippen molar-refractivity contribution in [1.82, 2.24) is 9.80 Å². The Hall–Kier alpha value is -1.97. The van der Waals surface area contributed by atoms with Gasteiger partial charge in [0.05, 0.1) is 25.3 Å². The monoisotopic (exact) mass is 409 g/mol. The first-order chi connectivity index (χ1) is 13.3. The minimum absolute atomic E-state index is 0.0317. The van der Waals surface area contributed by atoms with Crippen molar-refractivity contribution in [2.75, 3.05) is 45.3 Å². The van der Waals surface area contributed by atoms with Crippen LogP contribution in [0.25, 0.3) is 0 Å². The zero-order chi connectivity index (χ0) is 20.6. The van der Waals surface area contributed by atoms with Gasteiger partial charge in [-0.15, -0.1) is 11.3 Å². The lowest BCUT2D eigenvalue weighted by Crippen LogP contribution is -2.44. The van der Waals surface area contributed by atoms with E-state index < -0.39 is 6.10 Å². The molecule has 0 saturated carbocycles. The molecular formula is C19H27N3O5S. The number of amides is 3. The molecular weight excluding hydrogens is 382 g/mol. The lowest BCUT2D eigenvalue weighted by molar-refractivity contribution is -0.143. The number of thiophene rings is 1. The minimum Gasteiger partial charge on any atom is -0.383 e. The van der Waals surface area contributed by atoms with Crippen LogP contribution < -0.4 is 4.90 Å². The molecule has 0 aromatic carbocycles.